The van der Waals surface area contributed by atoms with Crippen LogP contribution >= 0.6 is 0 Å². The Labute approximate surface area is 200 Å². The number of esters is 1. The molecule has 0 aromatic heterocycles. The van der Waals surface area contributed by atoms with Crippen molar-refractivity contribution in [1.82, 2.24) is 0 Å². The van der Waals surface area contributed by atoms with Crippen molar-refractivity contribution in [3.63, 3.8) is 0 Å². The Morgan fingerprint density at radius 3 is 1.94 bits per heavy atom. The van der Waals surface area contributed by atoms with Crippen molar-refractivity contribution in [2.24, 2.45) is 11.8 Å². The standard InChI is InChI=1S/C23H42O11/c1-5-12(3)16(7-14(25)9-19(27)28)32-20(29)10-15(26)8-17(13(4)6-2)33-23-22(31)21(30)18(11-24)34-23/h12-18,21-26,30-31H,5-11H2,1-4H3,(H,27,28)/t12-,13-,14-,15-,16-,17+,18-,21+,22+,23-/m0/s1. The van der Waals surface area contributed by atoms with Crippen molar-refractivity contribution in [3.05, 3.63) is 0 Å². The number of hydrogen-bond donors (Lipinski definition) is 6. The van der Waals surface area contributed by atoms with Gasteiger partial charge >= 0.3 is 11.9 Å². The number of carboxylic acids is 1. The molecule has 34 heavy (non-hydrogen) atoms. The van der Waals surface area contributed by atoms with Gasteiger partial charge in [0.05, 0.1) is 37.8 Å². The highest BCUT2D eigenvalue weighted by atomic mass is 16.7. The second-order valence-corrected chi connectivity index (χ2v) is 9.26. The van der Waals surface area contributed by atoms with E-state index in [1.165, 1.54) is 0 Å². The lowest BCUT2D eigenvalue weighted by Gasteiger charge is -2.30. The third kappa shape index (κ3) is 9.73. The maximum Gasteiger partial charge on any atom is 0.308 e. The first-order valence-corrected chi connectivity index (χ1v) is 12.0. The lowest BCUT2D eigenvalue weighted by Crippen LogP contribution is -2.39. The second-order valence-electron chi connectivity index (χ2n) is 9.26. The molecule has 11 nitrogen and oxygen atoms in total. The predicted molar refractivity (Wildman–Crippen MR) is 120 cm³/mol. The number of hydrogen-bond acceptors (Lipinski definition) is 10. The molecule has 0 unspecified atom stereocenters. The molecule has 6 N–H and O–H groups in total. The molecule has 0 aromatic rings. The Bertz CT molecular complexity index is 616. The fourth-order valence-electron chi connectivity index (χ4n) is 3.81. The van der Waals surface area contributed by atoms with Gasteiger partial charge in [-0.05, 0) is 11.8 Å². The van der Waals surface area contributed by atoms with Crippen molar-refractivity contribution < 1.29 is 54.4 Å². The summed E-state index contributed by atoms with van der Waals surface area (Å²) in [4.78, 5) is 23.3. The van der Waals surface area contributed by atoms with Gasteiger partial charge in [0.25, 0.3) is 0 Å². The maximum atomic E-state index is 12.5. The summed E-state index contributed by atoms with van der Waals surface area (Å²) in [5.74, 6) is -2.03. The van der Waals surface area contributed by atoms with Crippen molar-refractivity contribution in [2.45, 2.75) is 115 Å². The monoisotopic (exact) mass is 494 g/mol. The first-order valence-electron chi connectivity index (χ1n) is 12.0. The molecule has 0 saturated carbocycles. The molecule has 1 heterocycles. The van der Waals surface area contributed by atoms with Gasteiger partial charge in [-0.25, -0.2) is 0 Å². The van der Waals surface area contributed by atoms with Gasteiger partial charge in [-0.3, -0.25) is 9.59 Å². The summed E-state index contributed by atoms with van der Waals surface area (Å²) >= 11 is 0. The van der Waals surface area contributed by atoms with Gasteiger partial charge in [0.1, 0.15) is 24.4 Å². The summed E-state index contributed by atoms with van der Waals surface area (Å²) in [6.45, 7) is 7.02. The van der Waals surface area contributed by atoms with E-state index in [1.807, 2.05) is 27.7 Å². The Balaban J connectivity index is 2.71. The van der Waals surface area contributed by atoms with E-state index in [1.54, 1.807) is 0 Å². The zero-order valence-electron chi connectivity index (χ0n) is 20.4. The van der Waals surface area contributed by atoms with E-state index < -0.39 is 74.0 Å². The smallest absolute Gasteiger partial charge is 0.308 e. The molecule has 1 aliphatic heterocycles. The van der Waals surface area contributed by atoms with Crippen LogP contribution in [0.3, 0.4) is 0 Å². The van der Waals surface area contributed by atoms with E-state index >= 15 is 0 Å². The summed E-state index contributed by atoms with van der Waals surface area (Å²) in [6, 6.07) is 0. The second kappa shape index (κ2) is 14.9. The number of rotatable bonds is 16. The zero-order chi connectivity index (χ0) is 26.0. The number of carboxylic acid groups (broad SMARTS) is 1. The Morgan fingerprint density at radius 1 is 0.912 bits per heavy atom. The molecule has 1 fully saturated rings. The molecule has 0 radical (unpaired) electrons. The molecule has 0 aromatic carbocycles. The van der Waals surface area contributed by atoms with Crippen molar-refractivity contribution >= 4 is 11.9 Å². The van der Waals surface area contributed by atoms with Crippen LogP contribution in [-0.2, 0) is 23.8 Å². The van der Waals surface area contributed by atoms with E-state index in [-0.39, 0.29) is 31.1 Å². The molecule has 0 aliphatic carbocycles. The minimum atomic E-state index is -1.36. The molecule has 11 heteroatoms. The minimum absolute atomic E-state index is 0.0208. The van der Waals surface area contributed by atoms with Gasteiger partial charge < -0.3 is 44.8 Å². The molecule has 0 spiro atoms. The van der Waals surface area contributed by atoms with Crippen molar-refractivity contribution in [1.29, 1.82) is 0 Å². The number of aliphatic hydroxyl groups excluding tert-OH is 5. The normalized spacial score (nSPS) is 28.0. The third-order valence-electron chi connectivity index (χ3n) is 6.47. The number of aliphatic hydroxyl groups is 5. The Hall–Kier alpha value is -1.34. The lowest BCUT2D eigenvalue weighted by atomic mass is 9.94. The van der Waals surface area contributed by atoms with Gasteiger partial charge in [-0.1, -0.05) is 40.5 Å². The largest absolute Gasteiger partial charge is 0.481 e. The van der Waals surface area contributed by atoms with Crippen LogP contribution < -0.4 is 0 Å². The van der Waals surface area contributed by atoms with Crippen LogP contribution in [0, 0.1) is 11.8 Å². The average Bonchev–Trinajstić information content (AvgIpc) is 3.04. The van der Waals surface area contributed by atoms with Gasteiger partial charge in [-0.15, -0.1) is 0 Å². The molecular formula is C23H42O11. The summed E-state index contributed by atoms with van der Waals surface area (Å²) in [5.41, 5.74) is 0. The predicted octanol–water partition coefficient (Wildman–Crippen LogP) is 0.181. The first kappa shape index (κ1) is 30.7. The van der Waals surface area contributed by atoms with E-state index in [2.05, 4.69) is 0 Å². The number of carbonyl (C=O) groups excluding carboxylic acids is 1. The van der Waals surface area contributed by atoms with Gasteiger partial charge in [0.2, 0.25) is 0 Å². The SMILES string of the molecule is CC[C@H](C)[C@H](C[C@H](O)CC(=O)O)OC(=O)C[C@@H](O)C[C@@H](O[C@H]1O[C@@H](CO)[C@@H](O)[C@H]1O)[C@@H](C)CC. The molecule has 10 atom stereocenters. The van der Waals surface area contributed by atoms with Gasteiger partial charge in [0.15, 0.2) is 6.29 Å². The molecule has 0 amide bonds. The molecule has 1 saturated heterocycles. The van der Waals surface area contributed by atoms with E-state index in [0.717, 1.165) is 0 Å². The zero-order valence-corrected chi connectivity index (χ0v) is 20.4. The van der Waals surface area contributed by atoms with Crippen LogP contribution in [0.2, 0.25) is 0 Å². The first-order chi connectivity index (χ1) is 15.9. The van der Waals surface area contributed by atoms with E-state index in [9.17, 15) is 35.1 Å². The van der Waals surface area contributed by atoms with Crippen LogP contribution in [0.25, 0.3) is 0 Å². The Kier molecular flexibility index (Phi) is 13.5. The molecule has 1 rings (SSSR count). The Morgan fingerprint density at radius 2 is 1.44 bits per heavy atom. The highest BCUT2D eigenvalue weighted by molar-refractivity contribution is 5.70. The van der Waals surface area contributed by atoms with E-state index in [0.29, 0.717) is 12.8 Å². The maximum absolute atomic E-state index is 12.5. The van der Waals surface area contributed by atoms with Crippen LogP contribution in [0.1, 0.15) is 66.2 Å². The van der Waals surface area contributed by atoms with Crippen LogP contribution in [-0.4, -0.2) is 98.2 Å². The summed E-state index contributed by atoms with van der Waals surface area (Å²) < 4.78 is 16.7. The number of carbonyl (C=O) groups is 2. The molecular weight excluding hydrogens is 452 g/mol. The minimum Gasteiger partial charge on any atom is -0.481 e. The third-order valence-corrected chi connectivity index (χ3v) is 6.47. The van der Waals surface area contributed by atoms with Crippen LogP contribution in [0.4, 0.5) is 0 Å². The highest BCUT2D eigenvalue weighted by Crippen LogP contribution is 2.28. The van der Waals surface area contributed by atoms with Crippen LogP contribution in [0.15, 0.2) is 0 Å². The summed E-state index contributed by atoms with van der Waals surface area (Å²) in [5, 5.41) is 58.6. The van der Waals surface area contributed by atoms with E-state index in [4.69, 9.17) is 19.3 Å². The average molecular weight is 495 g/mol. The summed E-state index contributed by atoms with van der Waals surface area (Å²) in [6.07, 6.45) is -7.89. The molecule has 1 aliphatic rings. The fourth-order valence-corrected chi connectivity index (χ4v) is 3.81. The highest BCUT2D eigenvalue weighted by Gasteiger charge is 2.44. The molecule has 0 bridgehead atoms. The summed E-state index contributed by atoms with van der Waals surface area (Å²) in [7, 11) is 0. The molecule has 200 valence electrons. The topological polar surface area (TPSA) is 183 Å². The van der Waals surface area contributed by atoms with Crippen molar-refractivity contribution in [2.75, 3.05) is 6.61 Å². The van der Waals surface area contributed by atoms with Crippen LogP contribution in [0.5, 0.6) is 0 Å². The number of ether oxygens (including phenoxy) is 3. The van der Waals surface area contributed by atoms with Gasteiger partial charge in [0, 0.05) is 12.8 Å². The quantitative estimate of drug-likeness (QED) is 0.161. The number of aliphatic carboxylic acids is 1. The van der Waals surface area contributed by atoms with Crippen molar-refractivity contribution in [3.8, 4) is 0 Å². The van der Waals surface area contributed by atoms with Gasteiger partial charge in [-0.2, -0.15) is 0 Å². The fraction of sp³-hybridized carbons (Fsp3) is 0.913. The lowest BCUT2D eigenvalue weighted by molar-refractivity contribution is -0.208.